The molecular formula is C46H76N8O9. The summed E-state index contributed by atoms with van der Waals surface area (Å²) in [6, 6.07) is 7.69. The zero-order chi connectivity index (χ0) is 47.0. The molecule has 3 rings (SSSR count). The van der Waals surface area contributed by atoms with Gasteiger partial charge in [-0.05, 0) is 127 Å². The first-order valence-corrected chi connectivity index (χ1v) is 22.4. The maximum absolute atomic E-state index is 13.0. The second-order valence-corrected chi connectivity index (χ2v) is 19.9. The summed E-state index contributed by atoms with van der Waals surface area (Å²) in [5.41, 5.74) is -1.87. The number of rotatable bonds is 12. The maximum atomic E-state index is 13.0. The third kappa shape index (κ3) is 21.2. The van der Waals surface area contributed by atoms with Crippen molar-refractivity contribution in [3.8, 4) is 5.75 Å². The van der Waals surface area contributed by atoms with E-state index in [1.165, 1.54) is 0 Å². The lowest BCUT2D eigenvalue weighted by atomic mass is 10.1. The number of alkyl carbamates (subject to hydrolysis) is 2. The highest BCUT2D eigenvalue weighted by atomic mass is 16.6. The van der Waals surface area contributed by atoms with Gasteiger partial charge in [-0.25, -0.2) is 19.2 Å². The summed E-state index contributed by atoms with van der Waals surface area (Å²) in [6.07, 6.45) is 5.34. The van der Waals surface area contributed by atoms with Crippen molar-refractivity contribution < 1.29 is 42.9 Å². The Bertz CT molecular complexity index is 1710. The molecule has 2 aliphatic rings. The molecule has 0 bridgehead atoms. The monoisotopic (exact) mass is 885 g/mol. The highest BCUT2D eigenvalue weighted by molar-refractivity contribution is 6.07. The Kier molecular flexibility index (Phi) is 19.5. The number of unbranched alkanes of at least 4 members (excludes halogenated alkanes) is 5. The van der Waals surface area contributed by atoms with Crippen molar-refractivity contribution in [1.29, 1.82) is 0 Å². The molecule has 0 saturated carbocycles. The van der Waals surface area contributed by atoms with E-state index in [0.29, 0.717) is 51.1 Å². The molecule has 354 valence electrons. The average molecular weight is 885 g/mol. The molecule has 1 aromatic rings. The van der Waals surface area contributed by atoms with E-state index in [9.17, 15) is 19.2 Å². The van der Waals surface area contributed by atoms with Crippen molar-refractivity contribution in [2.75, 3.05) is 46.3 Å². The van der Waals surface area contributed by atoms with Crippen molar-refractivity contribution in [2.45, 2.75) is 169 Å². The lowest BCUT2D eigenvalue weighted by Crippen LogP contribution is -2.48. The highest BCUT2D eigenvalue weighted by Crippen LogP contribution is 2.23. The highest BCUT2D eigenvalue weighted by Gasteiger charge is 2.30. The van der Waals surface area contributed by atoms with Gasteiger partial charge in [0.1, 0.15) is 40.1 Å². The Morgan fingerprint density at radius 1 is 0.714 bits per heavy atom. The fourth-order valence-electron chi connectivity index (χ4n) is 6.53. The predicted octanol–water partition coefficient (Wildman–Crippen LogP) is 8.89. The normalized spacial score (nSPS) is 15.4. The Morgan fingerprint density at radius 2 is 1.24 bits per heavy atom. The molecule has 1 aromatic carbocycles. The molecule has 63 heavy (non-hydrogen) atoms. The van der Waals surface area contributed by atoms with Gasteiger partial charge >= 0.3 is 24.4 Å². The van der Waals surface area contributed by atoms with Gasteiger partial charge in [0.2, 0.25) is 11.9 Å². The zero-order valence-corrected chi connectivity index (χ0v) is 40.4. The summed E-state index contributed by atoms with van der Waals surface area (Å²) in [5.74, 6) is 1.91. The Balaban J connectivity index is 1.50. The van der Waals surface area contributed by atoms with Gasteiger partial charge in [-0.3, -0.25) is 25.5 Å². The van der Waals surface area contributed by atoms with Gasteiger partial charge in [-0.15, -0.1) is 4.99 Å². The van der Waals surface area contributed by atoms with Gasteiger partial charge in [0.15, 0.2) is 0 Å². The van der Waals surface area contributed by atoms with E-state index in [4.69, 9.17) is 23.7 Å². The van der Waals surface area contributed by atoms with Crippen LogP contribution in [0.5, 0.6) is 5.75 Å². The van der Waals surface area contributed by atoms with Crippen LogP contribution in [-0.4, -0.2) is 132 Å². The number of benzene rings is 1. The van der Waals surface area contributed by atoms with E-state index in [2.05, 4.69) is 30.5 Å². The minimum atomic E-state index is -0.722. The van der Waals surface area contributed by atoms with Crippen LogP contribution in [0.15, 0.2) is 39.2 Å². The maximum Gasteiger partial charge on any atom is 0.437 e. The van der Waals surface area contributed by atoms with Gasteiger partial charge < -0.3 is 33.5 Å². The molecule has 0 unspecified atom stereocenters. The van der Waals surface area contributed by atoms with Crippen LogP contribution in [-0.2, 0) is 18.9 Å². The number of guanidine groups is 2. The summed E-state index contributed by atoms with van der Waals surface area (Å²) in [4.78, 5) is 69.9. The molecule has 0 atom stereocenters. The number of carbonyl (C=O) groups excluding carboxylic acids is 4. The number of nitrogens with zero attached hydrogens (tertiary/aromatic N) is 6. The average Bonchev–Trinajstić information content (AvgIpc) is 3.14. The van der Waals surface area contributed by atoms with Crippen LogP contribution in [0, 0.1) is 0 Å². The first kappa shape index (κ1) is 52.3. The largest absolute Gasteiger partial charge is 0.490 e. The first-order valence-electron chi connectivity index (χ1n) is 22.4. The Labute approximate surface area is 375 Å². The molecule has 2 aliphatic heterocycles. The topological polar surface area (TPSA) is 185 Å². The van der Waals surface area contributed by atoms with Crippen molar-refractivity contribution in [3.63, 3.8) is 0 Å². The molecule has 17 nitrogen and oxygen atoms in total. The van der Waals surface area contributed by atoms with Crippen LogP contribution < -0.4 is 15.4 Å². The Hall–Kier alpha value is -5.09. The Morgan fingerprint density at radius 3 is 1.78 bits per heavy atom. The molecule has 0 aromatic heterocycles. The molecule has 2 N–H and O–H groups in total. The summed E-state index contributed by atoms with van der Waals surface area (Å²) in [5, 5.41) is 5.03. The van der Waals surface area contributed by atoms with Gasteiger partial charge in [0.25, 0.3) is 0 Å². The molecule has 1 fully saturated rings. The standard InChI is InChI=1S/C46H76N8O9/c1-43(2,3)60-39(55)49-37(50-40(56)61-44(4,5)6)48-27-18-16-14-15-17-19-29-52(13)38(51-41(57)62-45(7,8)9)53-31-25-35(26-32-53)59-34-23-21-33(22-24-34)36-47-28-20-30-54(36)42(58)63-46(10,11)12/h21-24,35H,14-20,25-32H2,1-13H3,(H2,48,49,50,55,56)/b51-38-. The zero-order valence-electron chi connectivity index (χ0n) is 40.4. The SMILES string of the molecule is CN(CCCCCCCCN=C(NC(=O)OC(C)(C)C)NC(=O)OC(C)(C)C)/C(=N/C(=O)OC(C)(C)C)N1CCC(Oc2ccc(C3=NCCCN3C(=O)OC(C)(C)C)cc2)CC1. The molecule has 0 aliphatic carbocycles. The van der Waals surface area contributed by atoms with Crippen LogP contribution >= 0.6 is 0 Å². The minimum absolute atomic E-state index is 0.0199. The molecule has 17 heteroatoms. The second kappa shape index (κ2) is 23.6. The van der Waals surface area contributed by atoms with Gasteiger partial charge in [-0.2, -0.15) is 0 Å². The number of amidine groups is 1. The summed E-state index contributed by atoms with van der Waals surface area (Å²) < 4.78 is 28.3. The lowest BCUT2D eigenvalue weighted by Gasteiger charge is -2.37. The van der Waals surface area contributed by atoms with Crippen LogP contribution in [0.1, 0.15) is 146 Å². The third-order valence-electron chi connectivity index (χ3n) is 9.15. The van der Waals surface area contributed by atoms with Crippen molar-refractivity contribution >= 4 is 42.1 Å². The van der Waals surface area contributed by atoms with Crippen molar-refractivity contribution in [1.82, 2.24) is 25.3 Å². The molecule has 2 heterocycles. The molecule has 0 spiro atoms. The summed E-state index contributed by atoms with van der Waals surface area (Å²) in [6.45, 7) is 25.2. The van der Waals surface area contributed by atoms with Crippen molar-refractivity contribution in [3.05, 3.63) is 29.8 Å². The second-order valence-electron chi connectivity index (χ2n) is 19.9. The predicted molar refractivity (Wildman–Crippen MR) is 246 cm³/mol. The number of carbonyl (C=O) groups is 4. The third-order valence-corrected chi connectivity index (χ3v) is 9.15. The molecule has 1 saturated heterocycles. The van der Waals surface area contributed by atoms with Crippen molar-refractivity contribution in [2.24, 2.45) is 15.0 Å². The van der Waals surface area contributed by atoms with Crippen LogP contribution in [0.25, 0.3) is 0 Å². The fourth-order valence-corrected chi connectivity index (χ4v) is 6.53. The number of nitrogens with one attached hydrogen (secondary N) is 2. The van der Waals surface area contributed by atoms with Crippen LogP contribution in [0.2, 0.25) is 0 Å². The number of amides is 4. The van der Waals surface area contributed by atoms with E-state index in [-0.39, 0.29) is 12.1 Å². The number of likely N-dealkylation sites (tertiary alicyclic amines) is 1. The molecule has 0 radical (unpaired) electrons. The summed E-state index contributed by atoms with van der Waals surface area (Å²) in [7, 11) is 1.96. The molecular weight excluding hydrogens is 809 g/mol. The van der Waals surface area contributed by atoms with E-state index in [1.807, 2.05) is 77.8 Å². The first-order chi connectivity index (χ1) is 29.3. The van der Waals surface area contributed by atoms with Crippen LogP contribution in [0.4, 0.5) is 19.2 Å². The van der Waals surface area contributed by atoms with E-state index >= 15 is 0 Å². The van der Waals surface area contributed by atoms with E-state index in [1.54, 1.807) is 46.4 Å². The van der Waals surface area contributed by atoms with E-state index in [0.717, 1.165) is 69.1 Å². The van der Waals surface area contributed by atoms with Gasteiger partial charge in [-0.1, -0.05) is 25.7 Å². The van der Waals surface area contributed by atoms with Crippen LogP contribution in [0.3, 0.4) is 0 Å². The quantitative estimate of drug-likeness (QED) is 0.0884. The molecule has 4 amide bonds. The smallest absolute Gasteiger partial charge is 0.437 e. The fraction of sp³-hybridized carbons (Fsp3) is 0.717. The number of ether oxygens (including phenoxy) is 5. The lowest BCUT2D eigenvalue weighted by molar-refractivity contribution is 0.0362. The number of hydrogen-bond acceptors (Lipinski definition) is 11. The van der Waals surface area contributed by atoms with Gasteiger partial charge in [0.05, 0.1) is 0 Å². The number of hydrogen-bond donors (Lipinski definition) is 2. The van der Waals surface area contributed by atoms with Gasteiger partial charge in [0, 0.05) is 64.7 Å². The van der Waals surface area contributed by atoms with E-state index < -0.39 is 46.8 Å². The minimum Gasteiger partial charge on any atom is -0.490 e. The summed E-state index contributed by atoms with van der Waals surface area (Å²) >= 11 is 0. The number of piperidine rings is 1. The number of aliphatic imine (C=N–C) groups is 3.